The molecule has 16 heteroatoms. The van der Waals surface area contributed by atoms with Crippen molar-refractivity contribution < 1.29 is 54.3 Å². The van der Waals surface area contributed by atoms with Crippen molar-refractivity contribution in [3.63, 3.8) is 0 Å². The van der Waals surface area contributed by atoms with Crippen LogP contribution in [-0.2, 0) is 28.8 Å². The minimum Gasteiger partial charge on any atom is -0.480 e. The molecular weight excluding hydrogens is 702 g/mol. The number of ketones is 1. The zero-order valence-electron chi connectivity index (χ0n) is 31.9. The van der Waals surface area contributed by atoms with Gasteiger partial charge in [0.05, 0.1) is 25.7 Å². The number of carboxylic acid groups (broad SMARTS) is 4. The maximum Gasteiger partial charge on any atom is 0.320 e. The van der Waals surface area contributed by atoms with E-state index >= 15 is 0 Å². The number of hydrogen-bond donors (Lipinski definition) is 6. The van der Waals surface area contributed by atoms with Crippen LogP contribution in [0.3, 0.4) is 0 Å². The standard InChI is InChI=1S/C38H63N5O11/c1-2-3-4-5-8-12-29-30(33(45)25-32(29)44)13-9-6-7-10-15-34(46)39-16-11-14-31(38(53)54)43-23-21-41(27-36(49)50)19-17-40(26-35(47)48)18-20-42(22-24-43)28-37(51)52/h6,8-9,12,29-32,44H,2-5,7,10-11,13-28H2,1H3,(H,39,46)(H,47,48)(H,49,50)(H,51,52)(H,53,54)/b9-6-,12-8+/t29-,30+,31?,32+/m0/s1. The third-order valence-electron chi connectivity index (χ3n) is 10.0. The molecule has 0 spiro atoms. The minimum absolute atomic E-state index is 0.0781. The van der Waals surface area contributed by atoms with E-state index in [4.69, 9.17) is 0 Å². The van der Waals surface area contributed by atoms with Gasteiger partial charge in [0.1, 0.15) is 11.8 Å². The Balaban J connectivity index is 1.87. The summed E-state index contributed by atoms with van der Waals surface area (Å²) in [6, 6.07) is -0.958. The molecule has 0 bridgehead atoms. The Morgan fingerprint density at radius 1 is 0.741 bits per heavy atom. The van der Waals surface area contributed by atoms with Crippen molar-refractivity contribution in [3.05, 3.63) is 24.3 Å². The fraction of sp³-hybridized carbons (Fsp3) is 0.737. The van der Waals surface area contributed by atoms with E-state index < -0.39 is 36.0 Å². The number of aliphatic hydroxyl groups excluding tert-OH is 1. The average Bonchev–Trinajstić information content (AvgIpc) is 3.36. The van der Waals surface area contributed by atoms with Crippen LogP contribution in [0.4, 0.5) is 0 Å². The van der Waals surface area contributed by atoms with Crippen molar-refractivity contribution in [2.45, 2.75) is 89.7 Å². The maximum absolute atomic E-state index is 12.5. The van der Waals surface area contributed by atoms with E-state index in [0.29, 0.717) is 25.7 Å². The van der Waals surface area contributed by atoms with Crippen LogP contribution in [0.25, 0.3) is 0 Å². The lowest BCUT2D eigenvalue weighted by atomic mass is 9.90. The number of aliphatic carboxylic acids is 4. The Kier molecular flexibility index (Phi) is 22.5. The number of carboxylic acids is 4. The van der Waals surface area contributed by atoms with Gasteiger partial charge in [0.2, 0.25) is 5.91 Å². The second-order valence-electron chi connectivity index (χ2n) is 14.3. The van der Waals surface area contributed by atoms with Crippen LogP contribution >= 0.6 is 0 Å². The SMILES string of the molecule is CCCCC/C=C/[C@@H]1[C@H](O)CC(=O)[C@@H]1C/C=C\CCCC(=O)NCCCC(C(=O)O)N1CCN(CC(=O)O)CCN(CC(=O)O)CCN(CC(=O)O)CC1. The van der Waals surface area contributed by atoms with Crippen molar-refractivity contribution in [1.82, 2.24) is 24.9 Å². The fourth-order valence-electron chi connectivity index (χ4n) is 7.02. The monoisotopic (exact) mass is 765 g/mol. The van der Waals surface area contributed by atoms with Gasteiger partial charge in [0.15, 0.2) is 0 Å². The summed E-state index contributed by atoms with van der Waals surface area (Å²) in [7, 11) is 0. The van der Waals surface area contributed by atoms with Crippen LogP contribution in [0.5, 0.6) is 0 Å². The highest BCUT2D eigenvalue weighted by Gasteiger charge is 2.39. The summed E-state index contributed by atoms with van der Waals surface area (Å²) in [5, 5.41) is 51.7. The Hall–Kier alpha value is -3.70. The molecule has 0 aromatic rings. The topological polar surface area (TPSA) is 229 Å². The number of carbonyl (C=O) groups excluding carboxylic acids is 2. The number of nitrogens with one attached hydrogen (secondary N) is 1. The van der Waals surface area contributed by atoms with Crippen LogP contribution in [0.15, 0.2) is 24.3 Å². The largest absolute Gasteiger partial charge is 0.480 e. The van der Waals surface area contributed by atoms with Gasteiger partial charge in [0.25, 0.3) is 0 Å². The predicted molar refractivity (Wildman–Crippen MR) is 201 cm³/mol. The zero-order chi connectivity index (χ0) is 39.9. The molecule has 1 aliphatic heterocycles. The van der Waals surface area contributed by atoms with Gasteiger partial charge in [-0.2, -0.15) is 0 Å². The first-order chi connectivity index (χ1) is 25.8. The summed E-state index contributed by atoms with van der Waals surface area (Å²) in [5.74, 6) is -4.75. The number of aliphatic hydroxyl groups is 1. The summed E-state index contributed by atoms with van der Waals surface area (Å²) >= 11 is 0. The van der Waals surface area contributed by atoms with Crippen molar-refractivity contribution in [3.8, 4) is 0 Å². The number of carbonyl (C=O) groups is 6. The van der Waals surface area contributed by atoms with Gasteiger partial charge in [-0.25, -0.2) is 0 Å². The zero-order valence-corrected chi connectivity index (χ0v) is 31.9. The number of unbranched alkanes of at least 4 members (excludes halogenated alkanes) is 4. The molecule has 0 aromatic heterocycles. The molecule has 0 radical (unpaired) electrons. The lowest BCUT2D eigenvalue weighted by molar-refractivity contribution is -0.145. The summed E-state index contributed by atoms with van der Waals surface area (Å²) in [6.07, 6.45) is 14.5. The first-order valence-corrected chi connectivity index (χ1v) is 19.4. The number of amides is 1. The lowest BCUT2D eigenvalue weighted by Gasteiger charge is -2.35. The van der Waals surface area contributed by atoms with Crippen LogP contribution in [0.1, 0.15) is 77.6 Å². The first kappa shape index (κ1) is 46.5. The van der Waals surface area contributed by atoms with Crippen molar-refractivity contribution in [2.75, 3.05) is 78.5 Å². The highest BCUT2D eigenvalue weighted by atomic mass is 16.4. The van der Waals surface area contributed by atoms with Gasteiger partial charge in [-0.05, 0) is 44.9 Å². The molecule has 4 atom stereocenters. The fourth-order valence-corrected chi connectivity index (χ4v) is 7.02. The Bertz CT molecular complexity index is 1230. The molecule has 1 saturated carbocycles. The minimum atomic E-state index is -1.08. The normalized spacial score (nSPS) is 22.3. The second-order valence-corrected chi connectivity index (χ2v) is 14.3. The van der Waals surface area contributed by atoms with E-state index in [1.54, 1.807) is 19.6 Å². The molecule has 2 aliphatic rings. The van der Waals surface area contributed by atoms with Gasteiger partial charge in [-0.15, -0.1) is 0 Å². The Morgan fingerprint density at radius 2 is 1.28 bits per heavy atom. The molecule has 1 saturated heterocycles. The Labute approximate surface area is 318 Å². The van der Waals surface area contributed by atoms with Gasteiger partial charge in [-0.3, -0.25) is 48.4 Å². The van der Waals surface area contributed by atoms with E-state index in [1.807, 2.05) is 18.2 Å². The number of nitrogens with zero attached hydrogens (tertiary/aromatic N) is 4. The first-order valence-electron chi connectivity index (χ1n) is 19.4. The van der Waals surface area contributed by atoms with Gasteiger partial charge >= 0.3 is 23.9 Å². The summed E-state index contributed by atoms with van der Waals surface area (Å²) < 4.78 is 0. The van der Waals surface area contributed by atoms with Gasteiger partial charge < -0.3 is 30.8 Å². The second kappa shape index (κ2) is 26.2. The third-order valence-corrected chi connectivity index (χ3v) is 10.0. The van der Waals surface area contributed by atoms with Crippen LogP contribution in [0, 0.1) is 11.8 Å². The summed E-state index contributed by atoms with van der Waals surface area (Å²) in [6.45, 7) is 3.25. The predicted octanol–water partition coefficient (Wildman–Crippen LogP) is 1.63. The molecule has 1 heterocycles. The number of allylic oxidation sites excluding steroid dienone is 3. The molecule has 2 fully saturated rings. The highest BCUT2D eigenvalue weighted by molar-refractivity contribution is 5.84. The molecule has 6 N–H and O–H groups in total. The Morgan fingerprint density at radius 3 is 1.80 bits per heavy atom. The van der Waals surface area contributed by atoms with Crippen molar-refractivity contribution >= 4 is 35.6 Å². The van der Waals surface area contributed by atoms with Crippen LogP contribution in [0.2, 0.25) is 0 Å². The molecule has 2 rings (SSSR count). The average molecular weight is 766 g/mol. The summed E-state index contributed by atoms with van der Waals surface area (Å²) in [4.78, 5) is 78.6. The smallest absolute Gasteiger partial charge is 0.320 e. The number of Topliss-reactive ketones (excluding diaryl/α,β-unsaturated/α-hetero) is 1. The highest BCUT2D eigenvalue weighted by Crippen LogP contribution is 2.33. The molecular formula is C38H63N5O11. The molecule has 306 valence electrons. The number of hydrogen-bond acceptors (Lipinski definition) is 11. The van der Waals surface area contributed by atoms with Crippen molar-refractivity contribution in [2.24, 2.45) is 11.8 Å². The van der Waals surface area contributed by atoms with E-state index in [9.17, 15) is 54.3 Å². The molecule has 16 nitrogen and oxygen atoms in total. The quantitative estimate of drug-likeness (QED) is 0.0642. The van der Waals surface area contributed by atoms with E-state index in [0.717, 1.165) is 25.7 Å². The van der Waals surface area contributed by atoms with Gasteiger partial charge in [0, 0.05) is 83.6 Å². The molecule has 1 amide bonds. The van der Waals surface area contributed by atoms with E-state index in [1.165, 1.54) is 0 Å². The summed E-state index contributed by atoms with van der Waals surface area (Å²) in [5.41, 5.74) is 0. The van der Waals surface area contributed by atoms with Gasteiger partial charge in [-0.1, -0.05) is 44.1 Å². The van der Waals surface area contributed by atoms with Crippen LogP contribution < -0.4 is 5.32 Å². The van der Waals surface area contributed by atoms with Crippen LogP contribution in [-0.4, -0.2) is 171 Å². The van der Waals surface area contributed by atoms with Crippen molar-refractivity contribution in [1.29, 1.82) is 0 Å². The maximum atomic E-state index is 12.5. The van der Waals surface area contributed by atoms with E-state index in [2.05, 4.69) is 18.3 Å². The third kappa shape index (κ3) is 19.1. The molecule has 54 heavy (non-hydrogen) atoms. The molecule has 1 unspecified atom stereocenters. The number of rotatable bonds is 23. The molecule has 0 aromatic carbocycles. The van der Waals surface area contributed by atoms with E-state index in [-0.39, 0.29) is 121 Å². The molecule has 1 aliphatic carbocycles. The lowest BCUT2D eigenvalue weighted by Crippen LogP contribution is -2.51.